The Morgan fingerprint density at radius 3 is 2.06 bits per heavy atom. The van der Waals surface area contributed by atoms with Gasteiger partial charge in [0.15, 0.2) is 6.29 Å². The molecule has 5 fully saturated rings. The molecule has 1 heterocycles. The summed E-state index contributed by atoms with van der Waals surface area (Å²) in [6.07, 6.45) is 13.2. The molecular formula is C47H70O5. The molecule has 2 aromatic carbocycles. The maximum Gasteiger partial charge on any atom is 0.186 e. The summed E-state index contributed by atoms with van der Waals surface area (Å²) in [5, 5.41) is 11.8. The molecule has 4 saturated carbocycles. The number of ether oxygens (including phenoxy) is 4. The highest BCUT2D eigenvalue weighted by molar-refractivity contribution is 5.15. The van der Waals surface area contributed by atoms with E-state index >= 15 is 0 Å². The van der Waals surface area contributed by atoms with E-state index < -0.39 is 24.6 Å². The molecule has 52 heavy (non-hydrogen) atoms. The lowest BCUT2D eigenvalue weighted by atomic mass is 9.44. The van der Waals surface area contributed by atoms with Crippen LogP contribution in [0.2, 0.25) is 0 Å². The first-order valence-electron chi connectivity index (χ1n) is 21.4. The first kappa shape index (κ1) is 38.5. The fraction of sp³-hybridized carbons (Fsp3) is 0.745. The summed E-state index contributed by atoms with van der Waals surface area (Å²) in [6.45, 7) is 15.6. The van der Waals surface area contributed by atoms with E-state index in [1.54, 1.807) is 0 Å². The van der Waals surface area contributed by atoms with Crippen molar-refractivity contribution in [3.8, 4) is 0 Å². The topological polar surface area (TPSA) is 57.2 Å². The van der Waals surface area contributed by atoms with Gasteiger partial charge in [0.1, 0.15) is 18.3 Å². The Kier molecular flexibility index (Phi) is 12.2. The van der Waals surface area contributed by atoms with Gasteiger partial charge in [0, 0.05) is 0 Å². The van der Waals surface area contributed by atoms with Crippen LogP contribution in [0.1, 0.15) is 130 Å². The molecule has 1 aliphatic heterocycles. The Labute approximate surface area is 315 Å². The summed E-state index contributed by atoms with van der Waals surface area (Å²) in [6, 6.07) is 20.4. The number of benzene rings is 2. The molecule has 5 aliphatic rings. The third-order valence-electron chi connectivity index (χ3n) is 15.5. The summed E-state index contributed by atoms with van der Waals surface area (Å²) in [7, 11) is 0. The molecule has 288 valence electrons. The molecular weight excluding hydrogens is 645 g/mol. The highest BCUT2D eigenvalue weighted by Crippen LogP contribution is 2.68. The van der Waals surface area contributed by atoms with Gasteiger partial charge in [-0.15, -0.1) is 0 Å². The predicted octanol–water partition coefficient (Wildman–Crippen LogP) is 10.8. The largest absolute Gasteiger partial charge is 0.385 e. The van der Waals surface area contributed by atoms with Gasteiger partial charge in [0.05, 0.1) is 25.4 Å². The molecule has 2 aromatic rings. The zero-order valence-corrected chi connectivity index (χ0v) is 33.3. The van der Waals surface area contributed by atoms with Gasteiger partial charge in [-0.2, -0.15) is 0 Å². The molecule has 7 rings (SSSR count). The second kappa shape index (κ2) is 16.5. The lowest BCUT2D eigenvalue weighted by Gasteiger charge is -2.61. The molecule has 14 atom stereocenters. The van der Waals surface area contributed by atoms with E-state index in [4.69, 9.17) is 18.9 Å². The van der Waals surface area contributed by atoms with E-state index in [0.717, 1.165) is 59.5 Å². The fourth-order valence-corrected chi connectivity index (χ4v) is 12.6. The van der Waals surface area contributed by atoms with Crippen LogP contribution < -0.4 is 0 Å². The van der Waals surface area contributed by atoms with E-state index in [9.17, 15) is 5.11 Å². The van der Waals surface area contributed by atoms with Gasteiger partial charge in [-0.3, -0.25) is 0 Å². The molecule has 4 aliphatic carbocycles. The van der Waals surface area contributed by atoms with Crippen LogP contribution in [-0.2, 0) is 32.2 Å². The lowest BCUT2D eigenvalue weighted by Crippen LogP contribution is -2.60. The van der Waals surface area contributed by atoms with E-state index in [0.29, 0.717) is 30.0 Å². The van der Waals surface area contributed by atoms with Crippen LogP contribution in [0, 0.1) is 52.3 Å². The third-order valence-corrected chi connectivity index (χ3v) is 15.5. The maximum absolute atomic E-state index is 11.8. The summed E-state index contributed by atoms with van der Waals surface area (Å²) in [4.78, 5) is 0. The van der Waals surface area contributed by atoms with Gasteiger partial charge in [-0.1, -0.05) is 115 Å². The molecule has 0 amide bonds. The van der Waals surface area contributed by atoms with Gasteiger partial charge in [-0.25, -0.2) is 0 Å². The summed E-state index contributed by atoms with van der Waals surface area (Å²) >= 11 is 0. The Morgan fingerprint density at radius 2 is 1.38 bits per heavy atom. The Morgan fingerprint density at radius 1 is 0.750 bits per heavy atom. The number of aliphatic hydroxyl groups excluding tert-OH is 1. The van der Waals surface area contributed by atoms with Crippen LogP contribution in [0.3, 0.4) is 0 Å². The molecule has 5 nitrogen and oxygen atoms in total. The minimum absolute atomic E-state index is 0.0921. The number of hydrogen-bond donors (Lipinski definition) is 1. The Hall–Kier alpha value is -1.76. The summed E-state index contributed by atoms with van der Waals surface area (Å²) < 4.78 is 26.2. The smallest absolute Gasteiger partial charge is 0.186 e. The van der Waals surface area contributed by atoms with Crippen LogP contribution in [0.4, 0.5) is 0 Å². The monoisotopic (exact) mass is 715 g/mol. The third kappa shape index (κ3) is 7.97. The first-order valence-corrected chi connectivity index (χ1v) is 21.4. The highest BCUT2D eigenvalue weighted by Gasteiger charge is 2.61. The molecule has 0 radical (unpaired) electrons. The van der Waals surface area contributed by atoms with Crippen molar-refractivity contribution in [2.24, 2.45) is 52.3 Å². The number of aliphatic hydroxyl groups is 1. The molecule has 0 bridgehead atoms. The highest BCUT2D eigenvalue weighted by atomic mass is 16.7. The van der Waals surface area contributed by atoms with Gasteiger partial charge in [0.2, 0.25) is 0 Å². The molecule has 0 unspecified atom stereocenters. The van der Waals surface area contributed by atoms with Crippen molar-refractivity contribution in [3.05, 3.63) is 71.8 Å². The van der Waals surface area contributed by atoms with Crippen molar-refractivity contribution in [1.29, 1.82) is 0 Å². The number of rotatable bonds is 13. The van der Waals surface area contributed by atoms with Crippen molar-refractivity contribution in [2.75, 3.05) is 0 Å². The van der Waals surface area contributed by atoms with Crippen molar-refractivity contribution in [2.45, 2.75) is 169 Å². The zero-order chi connectivity index (χ0) is 36.5. The Balaban J connectivity index is 0.980. The van der Waals surface area contributed by atoms with Gasteiger partial charge in [-0.05, 0) is 128 Å². The quantitative estimate of drug-likeness (QED) is 0.209. The fourth-order valence-electron chi connectivity index (χ4n) is 12.6. The number of fused-ring (bicyclic) bond motifs is 5. The van der Waals surface area contributed by atoms with Crippen molar-refractivity contribution >= 4 is 0 Å². The molecule has 1 N–H and O–H groups in total. The first-order chi connectivity index (χ1) is 25.1. The maximum atomic E-state index is 11.8. The summed E-state index contributed by atoms with van der Waals surface area (Å²) in [5.74, 6) is 5.91. The molecule has 1 saturated heterocycles. The van der Waals surface area contributed by atoms with Crippen LogP contribution in [0.15, 0.2) is 60.7 Å². The number of hydrogen-bond acceptors (Lipinski definition) is 5. The van der Waals surface area contributed by atoms with Gasteiger partial charge < -0.3 is 24.1 Å². The second-order valence-electron chi connectivity index (χ2n) is 18.9. The molecule has 0 spiro atoms. The minimum Gasteiger partial charge on any atom is -0.385 e. The Bertz CT molecular complexity index is 1400. The van der Waals surface area contributed by atoms with Crippen LogP contribution in [0.25, 0.3) is 0 Å². The van der Waals surface area contributed by atoms with Gasteiger partial charge >= 0.3 is 0 Å². The lowest BCUT2D eigenvalue weighted by molar-refractivity contribution is -0.323. The van der Waals surface area contributed by atoms with Gasteiger partial charge in [0.25, 0.3) is 0 Å². The van der Waals surface area contributed by atoms with E-state index in [1.165, 1.54) is 64.2 Å². The second-order valence-corrected chi connectivity index (χ2v) is 18.9. The minimum atomic E-state index is -0.941. The van der Waals surface area contributed by atoms with E-state index in [1.807, 2.05) is 43.3 Å². The van der Waals surface area contributed by atoms with Crippen LogP contribution in [0.5, 0.6) is 0 Å². The van der Waals surface area contributed by atoms with Crippen molar-refractivity contribution in [3.63, 3.8) is 0 Å². The average molecular weight is 715 g/mol. The van der Waals surface area contributed by atoms with Crippen molar-refractivity contribution in [1.82, 2.24) is 0 Å². The van der Waals surface area contributed by atoms with E-state index in [2.05, 4.69) is 58.9 Å². The normalized spacial score (nSPS) is 40.9. The summed E-state index contributed by atoms with van der Waals surface area (Å²) in [5.41, 5.74) is 3.09. The van der Waals surface area contributed by atoms with E-state index in [-0.39, 0.29) is 12.2 Å². The SMILES string of the molecule is CC(C)CCC[C@@H](C)[C@H]1CC[C@H]2[C@@H]3CC[C@H]4C[C@@H](O[C@H]5O[C@@H](C)[C@H](OCc6ccccc6)[C@@H](OCc6ccccc6)[C@H]5O)CC[C@]4(C)[C@H]3CC[C@]12C. The van der Waals surface area contributed by atoms with Crippen LogP contribution in [-0.4, -0.2) is 41.9 Å². The van der Waals surface area contributed by atoms with Crippen molar-refractivity contribution < 1.29 is 24.1 Å². The van der Waals surface area contributed by atoms with Crippen LogP contribution >= 0.6 is 0 Å². The predicted molar refractivity (Wildman–Crippen MR) is 208 cm³/mol. The molecule has 0 aromatic heterocycles. The molecule has 5 heteroatoms. The zero-order valence-electron chi connectivity index (χ0n) is 33.3. The standard InChI is InChI=1S/C47H70O5/c1-31(2)14-13-15-32(3)39-22-23-40-38-21-20-36-28-37(24-26-46(36,5)41(38)25-27-47(39,40)6)52-45-42(48)44(50-30-35-18-11-8-12-19-35)43(33(4)51-45)49-29-34-16-9-7-10-17-34/h7-12,16-19,31-33,36-45,48H,13-15,20-30H2,1-6H3/t32-,33+,36+,37+,38+,39-,40+,41+,42-,43+,44+,45-,46+,47-/m1/s1. The average Bonchev–Trinajstić information content (AvgIpc) is 3.50.